The fraction of sp³-hybridized carbons (Fsp3) is 0.545. The zero-order valence-electron chi connectivity index (χ0n) is 23.3. The van der Waals surface area contributed by atoms with Crippen LogP contribution in [-0.2, 0) is 46.3 Å². The Bertz CT molecular complexity index is 1700. The van der Waals surface area contributed by atoms with Gasteiger partial charge in [-0.2, -0.15) is 8.42 Å². The molecule has 0 spiro atoms. The van der Waals surface area contributed by atoms with Gasteiger partial charge in [-0.05, 0) is 19.1 Å². The lowest BCUT2D eigenvalue weighted by atomic mass is 10.00. The third-order valence-corrected chi connectivity index (χ3v) is 10.5. The molecule has 24 heteroatoms. The van der Waals surface area contributed by atoms with E-state index in [0.717, 1.165) is 17.8 Å². The Labute approximate surface area is 258 Å². The third-order valence-electron chi connectivity index (χ3n) is 6.66. The van der Waals surface area contributed by atoms with Crippen molar-refractivity contribution in [1.82, 2.24) is 9.55 Å². The summed E-state index contributed by atoms with van der Waals surface area (Å²) in [5.74, 6) is 0. The van der Waals surface area contributed by atoms with Crippen molar-refractivity contribution in [3.63, 3.8) is 0 Å². The topological polar surface area (TPSA) is 326 Å². The van der Waals surface area contributed by atoms with Crippen LogP contribution in [0.5, 0.6) is 0 Å². The molecule has 2 saturated heterocycles. The van der Waals surface area contributed by atoms with Gasteiger partial charge in [-0.15, -0.1) is 0 Å². The van der Waals surface area contributed by atoms with E-state index < -0.39 is 105 Å². The van der Waals surface area contributed by atoms with E-state index in [4.69, 9.17) is 13.7 Å². The Balaban J connectivity index is 1.36. The summed E-state index contributed by atoms with van der Waals surface area (Å²) in [5, 5.41) is 50.9. The van der Waals surface area contributed by atoms with E-state index in [2.05, 4.69) is 13.4 Å². The maximum absolute atomic E-state index is 12.5. The van der Waals surface area contributed by atoms with E-state index in [1.807, 2.05) is 4.98 Å². The van der Waals surface area contributed by atoms with Crippen LogP contribution in [-0.4, -0.2) is 106 Å². The number of rotatable bonds is 12. The van der Waals surface area contributed by atoms with Crippen LogP contribution in [0.3, 0.4) is 0 Å². The molecule has 2 aliphatic heterocycles. The zero-order valence-corrected chi connectivity index (χ0v) is 25.9. The van der Waals surface area contributed by atoms with Gasteiger partial charge in [0.15, 0.2) is 12.5 Å². The lowest BCUT2D eigenvalue weighted by Gasteiger charge is -2.42. The predicted molar refractivity (Wildman–Crippen MR) is 142 cm³/mol. The molecule has 6 N–H and O–H groups in total. The van der Waals surface area contributed by atoms with Gasteiger partial charge >= 0.3 is 5.69 Å². The number of hydrogen-bond acceptors (Lipinski definition) is 19. The van der Waals surface area contributed by atoms with Gasteiger partial charge in [-0.25, -0.2) is 9.11 Å². The van der Waals surface area contributed by atoms with Crippen molar-refractivity contribution in [1.29, 1.82) is 0 Å². The fourth-order valence-electron chi connectivity index (χ4n) is 4.25. The molecule has 2 fully saturated rings. The highest BCUT2D eigenvalue weighted by Crippen LogP contribution is 2.57. The molecule has 1 aromatic carbocycles. The third kappa shape index (κ3) is 8.62. The molecule has 4 rings (SSSR count). The fourth-order valence-corrected chi connectivity index (χ4v) is 7.25. The number of aromatic nitrogens is 2. The summed E-state index contributed by atoms with van der Waals surface area (Å²) in [5.41, 5.74) is -1.09. The lowest BCUT2D eigenvalue weighted by Crippen LogP contribution is -2.59. The summed E-state index contributed by atoms with van der Waals surface area (Å²) >= 11 is 0. The molecule has 0 aliphatic carbocycles. The number of H-pyrrole nitrogens is 1. The van der Waals surface area contributed by atoms with Gasteiger partial charge < -0.3 is 49.3 Å². The Kier molecular flexibility index (Phi) is 11.2. The van der Waals surface area contributed by atoms with Crippen LogP contribution in [0.25, 0.3) is 0 Å². The summed E-state index contributed by atoms with van der Waals surface area (Å²) in [6.45, 7) is -0.491. The summed E-state index contributed by atoms with van der Waals surface area (Å²) in [6.07, 6.45) is -17.0. The minimum atomic E-state index is -6.08. The van der Waals surface area contributed by atoms with E-state index in [-0.39, 0.29) is 4.90 Å². The van der Waals surface area contributed by atoms with Gasteiger partial charge in [0.25, 0.3) is 31.3 Å². The van der Waals surface area contributed by atoms with Gasteiger partial charge in [0.05, 0.1) is 18.1 Å². The molecule has 2 aromatic rings. The number of aryl methyl sites for hydroxylation is 1. The molecule has 0 saturated carbocycles. The first kappa shape index (κ1) is 36.6. The second-order valence-electron chi connectivity index (χ2n) is 10.0. The molecule has 46 heavy (non-hydrogen) atoms. The standard InChI is InChI=1S/C22H30N2O19P2S/c1-10-2-4-11(5-3-10)46(36,37)39-9-13-15(26)17(28)19(30)21(41-13)42-45(34,35)43-44(32,33)38-8-12-16(27)18(29)20(40-12)24-7-6-14(25)23-22(24)31/h2-7,12-13,15-21,26-30H,8-9H2,1H3,(H,32,33)(H,34,35)(H,23,25,31)/p-2/t12?,13?,15-,16+,17?,18+,19-,20?,21+/m0/s1. The lowest BCUT2D eigenvalue weighted by molar-refractivity contribution is -0.304. The molecule has 258 valence electrons. The number of nitrogens with one attached hydrogen (secondary N) is 1. The van der Waals surface area contributed by atoms with Crippen LogP contribution in [0.2, 0.25) is 0 Å². The Morgan fingerprint density at radius 3 is 2.11 bits per heavy atom. The number of hydrogen-bond donors (Lipinski definition) is 6. The maximum atomic E-state index is 12.5. The highest BCUT2D eigenvalue weighted by Gasteiger charge is 2.47. The minimum Gasteiger partial charge on any atom is -0.756 e. The van der Waals surface area contributed by atoms with Crippen molar-refractivity contribution in [2.24, 2.45) is 0 Å². The van der Waals surface area contributed by atoms with Gasteiger partial charge in [-0.3, -0.25) is 32.2 Å². The Morgan fingerprint density at radius 2 is 1.48 bits per heavy atom. The first-order valence-electron chi connectivity index (χ1n) is 13.0. The first-order valence-corrected chi connectivity index (χ1v) is 17.3. The second kappa shape index (κ2) is 14.1. The second-order valence-corrected chi connectivity index (χ2v) is 14.5. The van der Waals surface area contributed by atoms with E-state index >= 15 is 0 Å². The van der Waals surface area contributed by atoms with Crippen molar-refractivity contribution >= 4 is 25.8 Å². The Hall–Kier alpha value is -2.21. The minimum absolute atomic E-state index is 0.286. The predicted octanol–water partition coefficient (Wildman–Crippen LogP) is -4.34. The van der Waals surface area contributed by atoms with Crippen LogP contribution in [0.1, 0.15) is 11.8 Å². The number of phosphoric ester groups is 2. The number of aliphatic hydroxyl groups excluding tert-OH is 5. The van der Waals surface area contributed by atoms with Gasteiger partial charge in [-0.1, -0.05) is 17.7 Å². The van der Waals surface area contributed by atoms with E-state index in [9.17, 15) is 62.5 Å². The van der Waals surface area contributed by atoms with Crippen molar-refractivity contribution in [3.05, 3.63) is 62.9 Å². The van der Waals surface area contributed by atoms with Crippen molar-refractivity contribution in [2.75, 3.05) is 13.2 Å². The quantitative estimate of drug-likeness (QED) is 0.0892. The molecular weight excluding hydrogens is 690 g/mol. The number of ether oxygens (including phenoxy) is 2. The summed E-state index contributed by atoms with van der Waals surface area (Å²) in [7, 11) is -16.4. The average Bonchev–Trinajstić information content (AvgIpc) is 3.24. The molecule has 2 aliphatic rings. The molecule has 21 nitrogen and oxygen atoms in total. The van der Waals surface area contributed by atoms with Crippen molar-refractivity contribution in [2.45, 2.75) is 67.1 Å². The molecular formula is C22H28N2O19P2S-2. The summed E-state index contributed by atoms with van der Waals surface area (Å²) < 4.78 is 78.0. The number of aromatic amines is 1. The molecule has 3 heterocycles. The number of benzene rings is 1. The van der Waals surface area contributed by atoms with Crippen LogP contribution < -0.4 is 21.0 Å². The highest BCUT2D eigenvalue weighted by atomic mass is 32.2. The van der Waals surface area contributed by atoms with Gasteiger partial charge in [0.1, 0.15) is 42.7 Å². The molecule has 0 bridgehead atoms. The largest absolute Gasteiger partial charge is 0.756 e. The molecule has 6 unspecified atom stereocenters. The molecule has 0 radical (unpaired) electrons. The number of phosphoric acid groups is 2. The Morgan fingerprint density at radius 1 is 0.870 bits per heavy atom. The smallest absolute Gasteiger partial charge is 0.330 e. The van der Waals surface area contributed by atoms with Crippen LogP contribution >= 0.6 is 15.6 Å². The van der Waals surface area contributed by atoms with Crippen molar-refractivity contribution < 1.29 is 79.9 Å². The normalized spacial score (nSPS) is 32.9. The van der Waals surface area contributed by atoms with Crippen LogP contribution in [0.15, 0.2) is 51.0 Å². The number of aliphatic hydroxyl groups is 5. The summed E-state index contributed by atoms with van der Waals surface area (Å²) in [6, 6.07) is 6.27. The van der Waals surface area contributed by atoms with Crippen molar-refractivity contribution in [3.8, 4) is 0 Å². The molecule has 1 aromatic heterocycles. The highest BCUT2D eigenvalue weighted by molar-refractivity contribution is 7.86. The SMILES string of the molecule is Cc1ccc(S(=O)(=O)OCC2O[C@H](OP(=O)([O-])OP(=O)([O-])OCC3OC(n4ccc(=O)[nH]c4=O)[C@H](O)[C@@H]3O)[C@@H](O)C(O)[C@H]2O)cc1. The molecule has 0 amide bonds. The maximum Gasteiger partial charge on any atom is 0.330 e. The van der Waals surface area contributed by atoms with Gasteiger partial charge in [0, 0.05) is 12.3 Å². The van der Waals surface area contributed by atoms with E-state index in [1.165, 1.54) is 24.3 Å². The monoisotopic (exact) mass is 718 g/mol. The van der Waals surface area contributed by atoms with E-state index in [0.29, 0.717) is 4.57 Å². The first-order chi connectivity index (χ1) is 21.3. The average molecular weight is 718 g/mol. The zero-order chi connectivity index (χ0) is 34.2. The van der Waals surface area contributed by atoms with E-state index in [1.54, 1.807) is 6.92 Å². The van der Waals surface area contributed by atoms with Crippen LogP contribution in [0, 0.1) is 6.92 Å². The number of nitrogens with zero attached hydrogens (tertiary/aromatic N) is 1. The van der Waals surface area contributed by atoms with Crippen LogP contribution in [0.4, 0.5) is 0 Å². The summed E-state index contributed by atoms with van der Waals surface area (Å²) in [4.78, 5) is 49.5. The molecule has 11 atom stereocenters. The van der Waals surface area contributed by atoms with Gasteiger partial charge in [0.2, 0.25) is 0 Å².